The molecule has 0 unspecified atom stereocenters. The third-order valence-electron chi connectivity index (χ3n) is 11.1. The molecule has 0 aromatic heterocycles. The van der Waals surface area contributed by atoms with E-state index in [-0.39, 0.29) is 22.7 Å². The average molecular weight is 413 g/mol. The molecule has 2 nitrogen and oxygen atoms in total. The van der Waals surface area contributed by atoms with Crippen LogP contribution in [-0.4, -0.2) is 22.4 Å². The number of ether oxygens (including phenoxy) is 1. The molecule has 2 spiro atoms. The van der Waals surface area contributed by atoms with Gasteiger partial charge < -0.3 is 9.84 Å². The van der Waals surface area contributed by atoms with Gasteiger partial charge in [-0.25, -0.2) is 0 Å². The van der Waals surface area contributed by atoms with Crippen LogP contribution in [0.1, 0.15) is 86.5 Å². The lowest BCUT2D eigenvalue weighted by atomic mass is 9.46. The first-order valence-electron chi connectivity index (χ1n) is 12.8. The van der Waals surface area contributed by atoms with Gasteiger partial charge in [0.15, 0.2) is 0 Å². The number of fused-ring (bicyclic) bond motifs is 2. The number of aliphatic hydroxyl groups excluding tert-OH is 1. The highest BCUT2D eigenvalue weighted by atomic mass is 16.5. The van der Waals surface area contributed by atoms with Crippen LogP contribution in [0, 0.1) is 46.3 Å². The highest BCUT2D eigenvalue weighted by molar-refractivity contribution is 5.38. The van der Waals surface area contributed by atoms with Gasteiger partial charge in [-0.3, -0.25) is 0 Å². The summed E-state index contributed by atoms with van der Waals surface area (Å²) in [6.07, 6.45) is 17.8. The minimum absolute atomic E-state index is 0.0742. The van der Waals surface area contributed by atoms with E-state index in [9.17, 15) is 5.11 Å². The van der Waals surface area contributed by atoms with Crippen molar-refractivity contribution in [2.24, 2.45) is 46.3 Å². The Bertz CT molecular complexity index is 754. The molecular weight excluding hydrogens is 368 g/mol. The molecule has 4 fully saturated rings. The Labute approximate surface area is 184 Å². The van der Waals surface area contributed by atoms with Gasteiger partial charge in [-0.05, 0) is 73.5 Å². The van der Waals surface area contributed by atoms with Gasteiger partial charge in [-0.2, -0.15) is 0 Å². The van der Waals surface area contributed by atoms with Crippen molar-refractivity contribution < 1.29 is 9.84 Å². The average Bonchev–Trinajstić information content (AvgIpc) is 3.29. The van der Waals surface area contributed by atoms with Crippen molar-refractivity contribution in [3.63, 3.8) is 0 Å². The van der Waals surface area contributed by atoms with Crippen LogP contribution >= 0.6 is 0 Å². The summed E-state index contributed by atoms with van der Waals surface area (Å²) in [5, 5.41) is 10.5. The highest BCUT2D eigenvalue weighted by Gasteiger charge is 2.76. The molecule has 2 bridgehead atoms. The van der Waals surface area contributed by atoms with Crippen molar-refractivity contribution in [1.29, 1.82) is 0 Å². The summed E-state index contributed by atoms with van der Waals surface area (Å²) in [6.45, 7) is 14.5. The Hall–Kier alpha value is -0.600. The van der Waals surface area contributed by atoms with E-state index in [2.05, 4.69) is 65.8 Å². The minimum atomic E-state index is -0.211. The molecule has 0 amide bonds. The fraction of sp³-hybridized carbons (Fsp3) is 0.857. The molecule has 0 aromatic carbocycles. The van der Waals surface area contributed by atoms with Gasteiger partial charge in [0.05, 0.1) is 17.3 Å². The summed E-state index contributed by atoms with van der Waals surface area (Å²) in [5.41, 5.74) is 0.282. The summed E-state index contributed by atoms with van der Waals surface area (Å²) in [6, 6.07) is 0. The molecule has 1 N–H and O–H groups in total. The molecule has 1 saturated heterocycles. The summed E-state index contributed by atoms with van der Waals surface area (Å²) in [4.78, 5) is 0. The number of hydrogen-bond acceptors (Lipinski definition) is 2. The van der Waals surface area contributed by atoms with Crippen molar-refractivity contribution in [3.05, 3.63) is 24.3 Å². The zero-order chi connectivity index (χ0) is 21.5. The van der Waals surface area contributed by atoms with E-state index < -0.39 is 0 Å². The normalized spacial score (nSPS) is 53.7. The Kier molecular flexibility index (Phi) is 4.75. The molecule has 0 radical (unpaired) electrons. The number of allylic oxidation sites excluding steroid dienone is 2. The van der Waals surface area contributed by atoms with Gasteiger partial charge >= 0.3 is 0 Å². The van der Waals surface area contributed by atoms with Crippen molar-refractivity contribution in [2.45, 2.75) is 104 Å². The Morgan fingerprint density at radius 3 is 2.43 bits per heavy atom. The molecule has 3 saturated carbocycles. The quantitative estimate of drug-likeness (QED) is 0.531. The van der Waals surface area contributed by atoms with E-state index >= 15 is 0 Å². The summed E-state index contributed by atoms with van der Waals surface area (Å²) < 4.78 is 7.18. The van der Waals surface area contributed by atoms with Crippen molar-refractivity contribution in [1.82, 2.24) is 0 Å². The van der Waals surface area contributed by atoms with Gasteiger partial charge in [0.2, 0.25) is 0 Å². The van der Waals surface area contributed by atoms with Crippen LogP contribution in [0.3, 0.4) is 0 Å². The molecule has 5 rings (SSSR count). The number of aliphatic hydroxyl groups is 1. The lowest BCUT2D eigenvalue weighted by Crippen LogP contribution is -2.56. The first-order valence-corrected chi connectivity index (χ1v) is 12.8. The predicted octanol–water partition coefficient (Wildman–Crippen LogP) is 6.54. The SMILES string of the molecule is CC(C)[C@@H](C)/C=C\[C@@H](C)[C@H]1CC[C@@H]2[C@]1(C)CC[C@H]1[C@]23C=C[C@]2(C[C@@H](O)CC[C@]12C)O3. The lowest BCUT2D eigenvalue weighted by molar-refractivity contribution is -0.142. The van der Waals surface area contributed by atoms with Gasteiger partial charge in [0.1, 0.15) is 0 Å². The monoisotopic (exact) mass is 412 g/mol. The first kappa shape index (κ1) is 21.3. The molecular formula is C28H44O2. The maximum absolute atomic E-state index is 10.5. The second kappa shape index (κ2) is 6.70. The largest absolute Gasteiger partial charge is 0.393 e. The molecule has 3 aliphatic carbocycles. The number of hydrogen-bond donors (Lipinski definition) is 1. The van der Waals surface area contributed by atoms with Crippen LogP contribution in [0.15, 0.2) is 24.3 Å². The maximum atomic E-state index is 10.5. The van der Waals surface area contributed by atoms with E-state index in [1.165, 1.54) is 25.7 Å². The van der Waals surface area contributed by atoms with Crippen LogP contribution < -0.4 is 0 Å². The Morgan fingerprint density at radius 1 is 0.933 bits per heavy atom. The van der Waals surface area contributed by atoms with Gasteiger partial charge in [-0.1, -0.05) is 65.8 Å². The van der Waals surface area contributed by atoms with E-state index in [1.807, 2.05) is 0 Å². The molecule has 5 aliphatic rings. The first-order chi connectivity index (χ1) is 14.1. The molecule has 10 atom stereocenters. The molecule has 168 valence electrons. The van der Waals surface area contributed by atoms with E-state index in [1.54, 1.807) is 0 Å². The fourth-order valence-corrected chi connectivity index (χ4v) is 8.95. The van der Waals surface area contributed by atoms with Crippen molar-refractivity contribution >= 4 is 0 Å². The van der Waals surface area contributed by atoms with Crippen LogP contribution in [0.5, 0.6) is 0 Å². The highest BCUT2D eigenvalue weighted by Crippen LogP contribution is 2.75. The predicted molar refractivity (Wildman–Crippen MR) is 123 cm³/mol. The Balaban J connectivity index is 1.44. The zero-order valence-corrected chi connectivity index (χ0v) is 20.2. The second-order valence-electron chi connectivity index (χ2n) is 12.7. The summed E-state index contributed by atoms with van der Waals surface area (Å²) in [5.74, 6) is 4.00. The van der Waals surface area contributed by atoms with Crippen molar-refractivity contribution in [3.8, 4) is 0 Å². The third-order valence-corrected chi connectivity index (χ3v) is 11.1. The van der Waals surface area contributed by atoms with Crippen LogP contribution in [0.2, 0.25) is 0 Å². The smallest absolute Gasteiger partial charge is 0.0957 e. The third kappa shape index (κ3) is 2.56. The van der Waals surface area contributed by atoms with Crippen molar-refractivity contribution in [2.75, 3.05) is 0 Å². The van der Waals surface area contributed by atoms with E-state index in [4.69, 9.17) is 4.74 Å². The van der Waals surface area contributed by atoms with Gasteiger partial charge in [0, 0.05) is 17.8 Å². The van der Waals surface area contributed by atoms with Gasteiger partial charge in [0.25, 0.3) is 0 Å². The van der Waals surface area contributed by atoms with Crippen LogP contribution in [0.25, 0.3) is 0 Å². The molecule has 30 heavy (non-hydrogen) atoms. The topological polar surface area (TPSA) is 29.5 Å². The van der Waals surface area contributed by atoms with E-state index in [0.29, 0.717) is 35.0 Å². The standard InChI is InChI=1S/C28H44O2/c1-18(2)19(3)7-8-20(4)22-9-10-23-25(22,5)13-12-24-26(6)14-11-21(29)17-27(26)15-16-28(23,24)30-27/h7-8,15-16,18-24,29H,9-14,17H2,1-6H3/b8-7-/t19-,20+,21-,22+,23+,24+,25+,26+,27+,28-/m0/s1. The van der Waals surface area contributed by atoms with Crippen LogP contribution in [0.4, 0.5) is 0 Å². The van der Waals surface area contributed by atoms with E-state index in [0.717, 1.165) is 25.2 Å². The molecule has 2 heterocycles. The second-order valence-corrected chi connectivity index (χ2v) is 12.7. The fourth-order valence-electron chi connectivity index (χ4n) is 8.95. The molecule has 0 aromatic rings. The van der Waals surface area contributed by atoms with Gasteiger partial charge in [-0.15, -0.1) is 0 Å². The molecule has 2 aliphatic heterocycles. The summed E-state index contributed by atoms with van der Waals surface area (Å²) >= 11 is 0. The zero-order valence-electron chi connectivity index (χ0n) is 20.2. The maximum Gasteiger partial charge on any atom is 0.0957 e. The lowest BCUT2D eigenvalue weighted by Gasteiger charge is -2.56. The Morgan fingerprint density at radius 2 is 1.70 bits per heavy atom. The molecule has 2 heteroatoms. The number of rotatable bonds is 4. The summed E-state index contributed by atoms with van der Waals surface area (Å²) in [7, 11) is 0. The minimum Gasteiger partial charge on any atom is -0.393 e. The van der Waals surface area contributed by atoms with Crippen LogP contribution in [-0.2, 0) is 4.74 Å².